The Morgan fingerprint density at radius 1 is 0.434 bits per heavy atom. The van der Waals surface area contributed by atoms with Gasteiger partial charge in [0.2, 0.25) is 0 Å². The van der Waals surface area contributed by atoms with Gasteiger partial charge in [0, 0.05) is 108 Å². The Morgan fingerprint density at radius 2 is 0.736 bits per heavy atom. The van der Waals surface area contributed by atoms with Crippen LogP contribution in [0.3, 0.4) is 0 Å². The van der Waals surface area contributed by atoms with Gasteiger partial charge in [0.15, 0.2) is 0 Å². The van der Waals surface area contributed by atoms with Crippen molar-refractivity contribution in [3.8, 4) is 0 Å². The first-order chi connectivity index (χ1) is 25.5. The van der Waals surface area contributed by atoms with Crippen LogP contribution in [-0.2, 0) is 39.8 Å². The van der Waals surface area contributed by atoms with Crippen LogP contribution in [-0.4, -0.2) is 172 Å². The highest BCUT2D eigenvalue weighted by atomic mass is 28.4. The van der Waals surface area contributed by atoms with Crippen LogP contribution in [0.15, 0.2) is 0 Å². The van der Waals surface area contributed by atoms with Crippen molar-refractivity contribution < 1.29 is 39.8 Å². The first kappa shape index (κ1) is 55.2. The molecule has 0 aromatic rings. The molecule has 0 radical (unpaired) electrons. The number of nitrogens with zero attached hydrogens (tertiary/aromatic N) is 3. The normalized spacial score (nSPS) is 14.6. The van der Waals surface area contributed by atoms with Gasteiger partial charge in [-0.25, -0.2) is 0 Å². The Kier molecular flexibility index (Phi) is 38.0. The Hall–Kier alpha value is 0.131. The number of piperazine rings is 1. The summed E-state index contributed by atoms with van der Waals surface area (Å²) in [6.07, 6.45) is 18.5. The number of rotatable bonds is 32. The maximum Gasteiger partial charge on any atom is 0.500 e. The third-order valence-electron chi connectivity index (χ3n) is 10.1. The molecule has 0 atom stereocenters. The second-order valence-electron chi connectivity index (χ2n) is 14.2. The zero-order valence-electron chi connectivity index (χ0n) is 36.8. The van der Waals surface area contributed by atoms with E-state index in [0.717, 1.165) is 50.4 Å². The van der Waals surface area contributed by atoms with Gasteiger partial charge >= 0.3 is 26.4 Å². The first-order valence-corrected chi connectivity index (χ1v) is 26.0. The molecule has 1 heterocycles. The lowest BCUT2D eigenvalue weighted by molar-refractivity contribution is 0.122. The maximum absolute atomic E-state index is 5.44. The van der Waals surface area contributed by atoms with Gasteiger partial charge in [-0.05, 0) is 79.3 Å². The molecule has 13 nitrogen and oxygen atoms in total. The highest BCUT2D eigenvalue weighted by Crippen LogP contribution is 2.20. The van der Waals surface area contributed by atoms with Crippen molar-refractivity contribution in [1.29, 1.82) is 0 Å². The zero-order valence-corrected chi connectivity index (χ0v) is 39.8. The van der Waals surface area contributed by atoms with E-state index in [0.29, 0.717) is 0 Å². The highest BCUT2D eigenvalue weighted by molar-refractivity contribution is 6.61. The molecule has 1 aliphatic rings. The molecule has 0 aromatic heterocycles. The average molecular weight is 817 g/mol. The number of unbranched alkanes of at least 4 members (excludes halogenated alkanes) is 12. The van der Waals surface area contributed by atoms with Crippen LogP contribution >= 0.6 is 0 Å². The molecule has 0 aromatic carbocycles. The van der Waals surface area contributed by atoms with Crippen LogP contribution in [0.2, 0.25) is 18.1 Å². The van der Waals surface area contributed by atoms with E-state index in [9.17, 15) is 0 Å². The zero-order chi connectivity index (χ0) is 40.3. The fraction of sp³-hybridized carbons (Fsp3) is 1.00. The smallest absolute Gasteiger partial charge is 0.377 e. The molecule has 0 saturated carbocycles. The van der Waals surface area contributed by atoms with Crippen LogP contribution < -0.4 is 5.73 Å². The minimum atomic E-state index is -2.33. The largest absolute Gasteiger partial charge is 0.500 e. The van der Waals surface area contributed by atoms with E-state index < -0.39 is 26.4 Å². The summed E-state index contributed by atoms with van der Waals surface area (Å²) in [6, 6.07) is 2.75. The fourth-order valence-corrected chi connectivity index (χ4v) is 11.6. The van der Waals surface area contributed by atoms with Crippen LogP contribution in [0.25, 0.3) is 0 Å². The molecule has 16 heteroatoms. The quantitative estimate of drug-likeness (QED) is 0.0613. The molecule has 1 aliphatic heterocycles. The monoisotopic (exact) mass is 817 g/mol. The average Bonchev–Trinajstić information content (AvgIpc) is 3.19. The molecular weight excluding hydrogens is 729 g/mol. The van der Waals surface area contributed by atoms with E-state index >= 15 is 0 Å². The molecule has 0 aliphatic carbocycles. The van der Waals surface area contributed by atoms with Crippen LogP contribution in [0.4, 0.5) is 0 Å². The number of hydrogen-bond acceptors (Lipinski definition) is 13. The lowest BCUT2D eigenvalue weighted by Gasteiger charge is -2.32. The Morgan fingerprint density at radius 3 is 1.06 bits per heavy atom. The third-order valence-corrected chi connectivity index (χ3v) is 18.6. The first-order valence-electron chi connectivity index (χ1n) is 20.2. The van der Waals surface area contributed by atoms with Crippen molar-refractivity contribution in [2.75, 3.05) is 131 Å². The summed E-state index contributed by atoms with van der Waals surface area (Å²) in [6.45, 7) is 8.16. The minimum absolute atomic E-state index is 0.799. The number of likely N-dealkylation sites (N-methyl/N-ethyl adjacent to an activating group) is 1. The van der Waals surface area contributed by atoms with Gasteiger partial charge in [0.05, 0.1) is 0 Å². The second-order valence-corrected chi connectivity index (χ2v) is 23.4. The van der Waals surface area contributed by atoms with Gasteiger partial charge in [-0.2, -0.15) is 0 Å². The molecule has 322 valence electrons. The molecule has 1 rings (SSSR count). The van der Waals surface area contributed by atoms with Crippen molar-refractivity contribution in [2.24, 2.45) is 5.73 Å². The molecule has 0 amide bonds. The van der Waals surface area contributed by atoms with Crippen molar-refractivity contribution >= 4 is 26.4 Å². The Balaban J connectivity index is 0. The van der Waals surface area contributed by atoms with E-state index in [-0.39, 0.29) is 0 Å². The van der Waals surface area contributed by atoms with E-state index in [1.807, 2.05) is 0 Å². The lowest BCUT2D eigenvalue weighted by Crippen LogP contribution is -2.44. The topological polar surface area (TPSA) is 119 Å². The summed E-state index contributed by atoms with van der Waals surface area (Å²) in [5, 5.41) is 0. The molecule has 0 spiro atoms. The predicted molar refractivity (Wildman–Crippen MR) is 226 cm³/mol. The number of hydrogen-bond donors (Lipinski definition) is 1. The second kappa shape index (κ2) is 36.5. The van der Waals surface area contributed by atoms with Gasteiger partial charge in [-0.1, -0.05) is 57.8 Å². The summed E-state index contributed by atoms with van der Waals surface area (Å²) in [4.78, 5) is 7.24. The van der Waals surface area contributed by atoms with Crippen molar-refractivity contribution in [1.82, 2.24) is 14.7 Å². The van der Waals surface area contributed by atoms with E-state index in [1.54, 1.807) is 64.0 Å². The van der Waals surface area contributed by atoms with Crippen molar-refractivity contribution in [3.63, 3.8) is 0 Å². The van der Waals surface area contributed by atoms with Crippen LogP contribution in [0.1, 0.15) is 96.3 Å². The summed E-state index contributed by atoms with van der Waals surface area (Å²) in [7, 11) is 14.6. The highest BCUT2D eigenvalue weighted by Gasteiger charge is 2.38. The van der Waals surface area contributed by atoms with Gasteiger partial charge in [-0.15, -0.1) is 0 Å². The molecule has 1 fully saturated rings. The standard InChI is InChI=1S/C15H34N2O3Si.C12H29NO3Si.C10H25NO3Si/c1-16-11-13-17(14-12-16)10-8-6-5-7-9-15-21(18-2,19-3)20-4;1-13(2)11-9-7-6-8-10-12-17(14-3,15-4)16-5;1-12-15(13-2,14-3)10-8-6-4-5-7-9-11/h5-15H2,1-4H3;6-12H2,1-5H3;4-11H2,1-3H3. The van der Waals surface area contributed by atoms with E-state index in [2.05, 4.69) is 35.8 Å². The van der Waals surface area contributed by atoms with E-state index in [1.165, 1.54) is 110 Å². The summed E-state index contributed by atoms with van der Waals surface area (Å²) < 4.78 is 48.5. The molecule has 0 unspecified atom stereocenters. The third kappa shape index (κ3) is 28.2. The summed E-state index contributed by atoms with van der Waals surface area (Å²) in [5.41, 5.74) is 5.42. The predicted octanol–water partition coefficient (Wildman–Crippen LogP) is 6.21. The number of nitrogens with two attached hydrogens (primary N) is 1. The van der Waals surface area contributed by atoms with Gasteiger partial charge in [0.1, 0.15) is 0 Å². The molecular formula is C37H88N4O9Si3. The van der Waals surface area contributed by atoms with Crippen molar-refractivity contribution in [2.45, 2.75) is 114 Å². The lowest BCUT2D eigenvalue weighted by atomic mass is 10.1. The van der Waals surface area contributed by atoms with Gasteiger partial charge in [-0.3, -0.25) is 0 Å². The molecule has 0 bridgehead atoms. The maximum atomic E-state index is 5.44. The molecule has 2 N–H and O–H groups in total. The van der Waals surface area contributed by atoms with Gasteiger partial charge in [0.25, 0.3) is 0 Å². The summed E-state index contributed by atoms with van der Waals surface area (Å²) >= 11 is 0. The Bertz CT molecular complexity index is 740. The Labute approximate surface area is 331 Å². The van der Waals surface area contributed by atoms with Crippen molar-refractivity contribution in [3.05, 3.63) is 0 Å². The fourth-order valence-electron chi connectivity index (χ4n) is 6.26. The van der Waals surface area contributed by atoms with Gasteiger partial charge < -0.3 is 60.3 Å². The van der Waals surface area contributed by atoms with Crippen LogP contribution in [0, 0.1) is 0 Å². The summed E-state index contributed by atoms with van der Waals surface area (Å²) in [5.74, 6) is 0. The minimum Gasteiger partial charge on any atom is -0.377 e. The molecule has 53 heavy (non-hydrogen) atoms. The SMILES string of the molecule is CO[Si](CCCCCCCN(C)C)(OC)OC.CO[Si](CCCCCCCN)(OC)OC.CO[Si](CCCCCCCN1CCN(C)CC1)(OC)OC. The molecule has 1 saturated heterocycles. The van der Waals surface area contributed by atoms with E-state index in [4.69, 9.17) is 45.6 Å². The van der Waals surface area contributed by atoms with Crippen LogP contribution in [0.5, 0.6) is 0 Å².